The van der Waals surface area contributed by atoms with Gasteiger partial charge in [-0.25, -0.2) is 4.79 Å². The molecule has 4 aliphatic rings. The van der Waals surface area contributed by atoms with Crippen molar-refractivity contribution in [1.29, 1.82) is 0 Å². The van der Waals surface area contributed by atoms with Gasteiger partial charge in [0, 0.05) is 36.8 Å². The van der Waals surface area contributed by atoms with Gasteiger partial charge < -0.3 is 4.90 Å². The minimum Gasteiger partial charge on any atom is -0.367 e. The van der Waals surface area contributed by atoms with Crippen LogP contribution in [0.1, 0.15) is 63.4 Å². The Morgan fingerprint density at radius 3 is 2.47 bits per heavy atom. The van der Waals surface area contributed by atoms with Crippen LogP contribution in [0, 0.1) is 15.5 Å². The van der Waals surface area contributed by atoms with Crippen LogP contribution in [0.5, 0.6) is 0 Å². The lowest BCUT2D eigenvalue weighted by atomic mass is 9.67. The van der Waals surface area contributed by atoms with E-state index >= 15 is 0 Å². The van der Waals surface area contributed by atoms with Gasteiger partial charge in [0.2, 0.25) is 11.8 Å². The summed E-state index contributed by atoms with van der Waals surface area (Å²) in [5, 5.41) is 13.9. The van der Waals surface area contributed by atoms with Gasteiger partial charge in [0.15, 0.2) is 5.41 Å². The molecule has 1 aliphatic carbocycles. The van der Waals surface area contributed by atoms with Crippen LogP contribution in [-0.2, 0) is 16.0 Å². The van der Waals surface area contributed by atoms with E-state index < -0.39 is 28.2 Å². The molecule has 0 unspecified atom stereocenters. The smallest absolute Gasteiger partial charge is 0.331 e. The van der Waals surface area contributed by atoms with E-state index in [2.05, 4.69) is 10.2 Å². The second-order valence-electron chi connectivity index (χ2n) is 9.50. The van der Waals surface area contributed by atoms with E-state index in [-0.39, 0.29) is 24.2 Å². The fraction of sp³-hybridized carbons (Fsp3) is 0.609. The lowest BCUT2D eigenvalue weighted by Crippen LogP contribution is -2.73. The van der Waals surface area contributed by atoms with Gasteiger partial charge in [0.1, 0.15) is 0 Å². The fourth-order valence-electron chi connectivity index (χ4n) is 6.23. The molecule has 1 N–H and O–H groups in total. The number of fused-ring (bicyclic) bond motifs is 4. The zero-order chi connectivity index (χ0) is 22.5. The number of carbonyl (C=O) groups is 3. The lowest BCUT2D eigenvalue weighted by molar-refractivity contribution is -0.384. The van der Waals surface area contributed by atoms with Crippen LogP contribution in [-0.4, -0.2) is 46.3 Å². The van der Waals surface area contributed by atoms with E-state index in [9.17, 15) is 24.5 Å². The highest BCUT2D eigenvalue weighted by Gasteiger charge is 2.62. The SMILES string of the molecule is O=C1NC(=O)[C@@]2(Cc3cc([N+](=O)[O-])ccc3N3CCCCC[C@@H]32)C(=O)N1C1CCCCC1. The van der Waals surface area contributed by atoms with Crippen molar-refractivity contribution in [3.63, 3.8) is 0 Å². The molecule has 1 saturated carbocycles. The number of non-ortho nitro benzene ring substituents is 1. The summed E-state index contributed by atoms with van der Waals surface area (Å²) >= 11 is 0. The Kier molecular flexibility index (Phi) is 5.14. The molecule has 1 aromatic carbocycles. The maximum absolute atomic E-state index is 14.1. The Morgan fingerprint density at radius 1 is 1.00 bits per heavy atom. The monoisotopic (exact) mass is 440 g/mol. The van der Waals surface area contributed by atoms with E-state index in [0.29, 0.717) is 18.5 Å². The summed E-state index contributed by atoms with van der Waals surface area (Å²) in [4.78, 5) is 54.8. The number of urea groups is 1. The summed E-state index contributed by atoms with van der Waals surface area (Å²) in [6.07, 6.45) is 8.03. The first-order valence-corrected chi connectivity index (χ1v) is 11.7. The normalized spacial score (nSPS) is 28.8. The molecule has 4 amide bonds. The van der Waals surface area contributed by atoms with Gasteiger partial charge in [-0.05, 0) is 37.3 Å². The molecule has 3 fully saturated rings. The minimum atomic E-state index is -1.45. The number of barbiturate groups is 1. The van der Waals surface area contributed by atoms with Crippen molar-refractivity contribution < 1.29 is 19.3 Å². The summed E-state index contributed by atoms with van der Waals surface area (Å²) < 4.78 is 0. The van der Waals surface area contributed by atoms with Gasteiger partial charge in [0.25, 0.3) is 5.69 Å². The van der Waals surface area contributed by atoms with Crippen LogP contribution in [0.2, 0.25) is 0 Å². The highest BCUT2D eigenvalue weighted by atomic mass is 16.6. The molecule has 0 radical (unpaired) electrons. The van der Waals surface area contributed by atoms with Gasteiger partial charge in [-0.15, -0.1) is 0 Å². The lowest BCUT2D eigenvalue weighted by Gasteiger charge is -2.52. The molecule has 0 bridgehead atoms. The molecule has 1 aromatic rings. The molecule has 1 spiro atoms. The van der Waals surface area contributed by atoms with Crippen molar-refractivity contribution in [3.05, 3.63) is 33.9 Å². The van der Waals surface area contributed by atoms with Crippen molar-refractivity contribution in [2.45, 2.75) is 76.3 Å². The number of hydrogen-bond acceptors (Lipinski definition) is 6. The number of carbonyl (C=O) groups excluding carboxylic acids is 3. The molecule has 5 rings (SSSR count). The maximum atomic E-state index is 14.1. The quantitative estimate of drug-likeness (QED) is 0.429. The Balaban J connectivity index is 1.63. The number of nitrogens with one attached hydrogen (secondary N) is 1. The Morgan fingerprint density at radius 2 is 1.72 bits per heavy atom. The summed E-state index contributed by atoms with van der Waals surface area (Å²) in [6, 6.07) is 3.52. The molecular weight excluding hydrogens is 412 g/mol. The number of nitrogens with zero attached hydrogens (tertiary/aromatic N) is 3. The van der Waals surface area contributed by atoms with Crippen molar-refractivity contribution in [1.82, 2.24) is 10.2 Å². The summed E-state index contributed by atoms with van der Waals surface area (Å²) in [6.45, 7) is 0.676. The second kappa shape index (κ2) is 7.86. The van der Waals surface area contributed by atoms with Crippen LogP contribution < -0.4 is 10.2 Å². The van der Waals surface area contributed by atoms with Gasteiger partial charge in [-0.1, -0.05) is 32.1 Å². The Bertz CT molecular complexity index is 989. The third-order valence-corrected chi connectivity index (χ3v) is 7.76. The van der Waals surface area contributed by atoms with E-state index in [0.717, 1.165) is 57.1 Å². The first-order valence-electron chi connectivity index (χ1n) is 11.7. The van der Waals surface area contributed by atoms with Crippen LogP contribution >= 0.6 is 0 Å². The zero-order valence-corrected chi connectivity index (χ0v) is 18.0. The number of anilines is 1. The molecule has 170 valence electrons. The molecule has 3 heterocycles. The first kappa shape index (κ1) is 20.9. The third-order valence-electron chi connectivity index (χ3n) is 7.76. The van der Waals surface area contributed by atoms with Crippen molar-refractivity contribution in [3.8, 4) is 0 Å². The largest absolute Gasteiger partial charge is 0.367 e. The van der Waals surface area contributed by atoms with Gasteiger partial charge in [-0.2, -0.15) is 0 Å². The topological polar surface area (TPSA) is 113 Å². The summed E-state index contributed by atoms with van der Waals surface area (Å²) in [7, 11) is 0. The fourth-order valence-corrected chi connectivity index (χ4v) is 6.23. The number of benzene rings is 1. The number of imide groups is 2. The molecule has 2 atom stereocenters. The highest BCUT2D eigenvalue weighted by Crippen LogP contribution is 2.48. The average Bonchev–Trinajstić information content (AvgIpc) is 3.04. The zero-order valence-electron chi connectivity index (χ0n) is 18.0. The maximum Gasteiger partial charge on any atom is 0.331 e. The van der Waals surface area contributed by atoms with Gasteiger partial charge in [-0.3, -0.25) is 29.9 Å². The molecule has 2 saturated heterocycles. The summed E-state index contributed by atoms with van der Waals surface area (Å²) in [5.41, 5.74) is -0.0255. The number of amides is 4. The number of rotatable bonds is 2. The summed E-state index contributed by atoms with van der Waals surface area (Å²) in [5.74, 6) is -0.985. The van der Waals surface area contributed by atoms with Crippen molar-refractivity contribution in [2.24, 2.45) is 5.41 Å². The number of nitro groups is 1. The molecule has 32 heavy (non-hydrogen) atoms. The first-order chi connectivity index (χ1) is 15.4. The third kappa shape index (κ3) is 3.09. The van der Waals surface area contributed by atoms with Crippen LogP contribution in [0.25, 0.3) is 0 Å². The molecule has 0 aromatic heterocycles. The van der Waals surface area contributed by atoms with E-state index in [1.807, 2.05) is 0 Å². The standard InChI is InChI=1S/C23H28N4O5/c28-20-23(21(29)26(22(30)24-20)16-7-3-1-4-8-16)14-15-13-17(27(31)32)10-11-18(15)25-12-6-2-5-9-19(23)25/h10-11,13,16,19H,1-9,12,14H2,(H,24,28,30)/t19-,23+/m1/s1. The molecule has 3 aliphatic heterocycles. The Labute approximate surface area is 186 Å². The molecular formula is C23H28N4O5. The van der Waals surface area contributed by atoms with Gasteiger partial charge in [0.05, 0.1) is 11.0 Å². The predicted octanol–water partition coefficient (Wildman–Crippen LogP) is 3.30. The van der Waals surface area contributed by atoms with E-state index in [1.54, 1.807) is 6.07 Å². The van der Waals surface area contributed by atoms with Crippen molar-refractivity contribution in [2.75, 3.05) is 11.4 Å². The van der Waals surface area contributed by atoms with E-state index in [1.165, 1.54) is 17.0 Å². The van der Waals surface area contributed by atoms with E-state index in [4.69, 9.17) is 0 Å². The van der Waals surface area contributed by atoms with Crippen LogP contribution in [0.15, 0.2) is 18.2 Å². The number of nitro benzene ring substituents is 1. The Hall–Kier alpha value is -2.97. The molecule has 9 heteroatoms. The van der Waals surface area contributed by atoms with Gasteiger partial charge >= 0.3 is 6.03 Å². The average molecular weight is 441 g/mol. The van der Waals surface area contributed by atoms with Crippen LogP contribution in [0.3, 0.4) is 0 Å². The highest BCUT2D eigenvalue weighted by molar-refractivity contribution is 6.20. The van der Waals surface area contributed by atoms with Crippen molar-refractivity contribution >= 4 is 29.2 Å². The van der Waals surface area contributed by atoms with Crippen LogP contribution in [0.4, 0.5) is 16.2 Å². The minimum absolute atomic E-state index is 0.0592. The second-order valence-corrected chi connectivity index (χ2v) is 9.50. The predicted molar refractivity (Wildman–Crippen MR) is 116 cm³/mol. The number of hydrogen-bond donors (Lipinski definition) is 1. The molecule has 9 nitrogen and oxygen atoms in total.